The van der Waals surface area contributed by atoms with Gasteiger partial charge >= 0.3 is 5.97 Å². The minimum Gasteiger partial charge on any atom is -0.490 e. The Morgan fingerprint density at radius 3 is 2.28 bits per heavy atom. The zero-order chi connectivity index (χ0) is 25.5. The van der Waals surface area contributed by atoms with Gasteiger partial charge in [-0.05, 0) is 67.6 Å². The number of nitrogens with zero attached hydrogens (tertiary/aromatic N) is 1. The number of carboxylic acid groups (broad SMARTS) is 1. The monoisotopic (exact) mass is 527 g/mol. The van der Waals surface area contributed by atoms with Crippen molar-refractivity contribution >= 4 is 40.9 Å². The molecular weight excluding hydrogens is 501 g/mol. The summed E-state index contributed by atoms with van der Waals surface area (Å²) in [5, 5.41) is 15.9. The van der Waals surface area contributed by atoms with Crippen molar-refractivity contribution in [1.82, 2.24) is 10.3 Å². The predicted octanol–water partition coefficient (Wildman–Crippen LogP) is 5.62. The number of amides is 1. The van der Waals surface area contributed by atoms with Gasteiger partial charge in [-0.2, -0.15) is 0 Å². The molecule has 1 aromatic heterocycles. The molecule has 0 aliphatic heterocycles. The highest BCUT2D eigenvalue weighted by Crippen LogP contribution is 2.27. The van der Waals surface area contributed by atoms with Gasteiger partial charge in [0.1, 0.15) is 17.6 Å². The van der Waals surface area contributed by atoms with Crippen molar-refractivity contribution in [3.8, 4) is 5.75 Å². The molecule has 1 saturated carbocycles. The lowest BCUT2D eigenvalue weighted by molar-refractivity contribution is -0.139. The average molecular weight is 528 g/mol. The van der Waals surface area contributed by atoms with Gasteiger partial charge in [0.15, 0.2) is 0 Å². The summed E-state index contributed by atoms with van der Waals surface area (Å²) >= 11 is 12.2. The average Bonchev–Trinajstić information content (AvgIpc) is 2.86. The first-order valence-electron chi connectivity index (χ1n) is 11.8. The molecule has 1 aliphatic rings. The maximum absolute atomic E-state index is 12.6. The fourth-order valence-corrected chi connectivity index (χ4v) is 4.83. The number of pyridine rings is 1. The van der Waals surface area contributed by atoms with Gasteiger partial charge in [-0.3, -0.25) is 4.79 Å². The van der Waals surface area contributed by atoms with Crippen molar-refractivity contribution in [2.24, 2.45) is 0 Å². The number of hydrogen-bond donors (Lipinski definition) is 3. The lowest BCUT2D eigenvalue weighted by Gasteiger charge is -2.29. The second-order valence-corrected chi connectivity index (χ2v) is 9.57. The number of carbonyl (C=O) groups is 2. The smallest absolute Gasteiger partial charge is 0.326 e. The Bertz CT molecular complexity index is 1160. The number of carboxylic acids is 1. The van der Waals surface area contributed by atoms with E-state index in [-0.39, 0.29) is 28.1 Å². The molecule has 7 nitrogen and oxygen atoms in total. The van der Waals surface area contributed by atoms with E-state index in [1.54, 1.807) is 12.3 Å². The van der Waals surface area contributed by atoms with E-state index in [2.05, 4.69) is 15.6 Å². The molecule has 4 rings (SSSR count). The number of rotatable bonds is 9. The number of carbonyl (C=O) groups excluding carboxylic acids is 1. The Hall–Kier alpha value is -3.29. The number of ether oxygens (including phenoxy) is 1. The second-order valence-electron chi connectivity index (χ2n) is 8.76. The molecule has 1 fully saturated rings. The number of aromatic nitrogens is 1. The van der Waals surface area contributed by atoms with Gasteiger partial charge in [-0.25, -0.2) is 9.78 Å². The third-order valence-corrected chi connectivity index (χ3v) is 6.78. The molecule has 1 aliphatic carbocycles. The van der Waals surface area contributed by atoms with Crippen molar-refractivity contribution < 1.29 is 19.4 Å². The van der Waals surface area contributed by atoms with Crippen molar-refractivity contribution in [2.45, 2.75) is 50.3 Å². The normalized spacial score (nSPS) is 18.2. The molecule has 3 N–H and O–H groups in total. The van der Waals surface area contributed by atoms with E-state index in [0.29, 0.717) is 6.04 Å². The standard InChI is InChI=1S/C27H27Cl2N3O4/c28-21-4-3-5-22(29)25(21)26(33)32-23(27(34)35)16-17-7-11-19(12-8-17)36-20-13-9-18(10-14-20)31-24-6-1-2-15-30-24/h1-8,11-12,15,18,20,23H,9-10,13-14,16H2,(H,30,31)(H,32,33)(H,34,35)/t18-,20-,23?. The van der Waals surface area contributed by atoms with Crippen molar-refractivity contribution in [2.75, 3.05) is 5.32 Å². The third-order valence-electron chi connectivity index (χ3n) is 6.15. The molecule has 1 heterocycles. The number of halogens is 2. The minimum absolute atomic E-state index is 0.0563. The summed E-state index contributed by atoms with van der Waals surface area (Å²) in [4.78, 5) is 28.7. The van der Waals surface area contributed by atoms with Crippen LogP contribution in [0.4, 0.5) is 5.82 Å². The summed E-state index contributed by atoms with van der Waals surface area (Å²) in [7, 11) is 0. The molecule has 9 heteroatoms. The van der Waals surface area contributed by atoms with Crippen molar-refractivity contribution in [3.05, 3.63) is 88.0 Å². The Morgan fingerprint density at radius 2 is 1.67 bits per heavy atom. The number of aliphatic carboxylic acids is 1. The zero-order valence-electron chi connectivity index (χ0n) is 19.5. The summed E-state index contributed by atoms with van der Waals surface area (Å²) < 4.78 is 6.15. The van der Waals surface area contributed by atoms with E-state index >= 15 is 0 Å². The highest BCUT2D eigenvalue weighted by Gasteiger charge is 2.25. The van der Waals surface area contributed by atoms with Crippen LogP contribution in [-0.4, -0.2) is 40.2 Å². The Balaban J connectivity index is 1.29. The predicted molar refractivity (Wildman–Crippen MR) is 140 cm³/mol. The first-order valence-corrected chi connectivity index (χ1v) is 12.6. The quantitative estimate of drug-likeness (QED) is 0.334. The Kier molecular flexibility index (Phi) is 8.67. The largest absolute Gasteiger partial charge is 0.490 e. The zero-order valence-corrected chi connectivity index (χ0v) is 21.0. The van der Waals surface area contributed by atoms with E-state index in [0.717, 1.165) is 42.8 Å². The van der Waals surface area contributed by atoms with Crippen LogP contribution >= 0.6 is 23.2 Å². The van der Waals surface area contributed by atoms with Crippen LogP contribution in [0, 0.1) is 0 Å². The number of hydrogen-bond acceptors (Lipinski definition) is 5. The lowest BCUT2D eigenvalue weighted by Crippen LogP contribution is -2.42. The molecular formula is C27H27Cl2N3O4. The van der Waals surface area contributed by atoms with Crippen molar-refractivity contribution in [3.63, 3.8) is 0 Å². The molecule has 188 valence electrons. The van der Waals surface area contributed by atoms with E-state index in [4.69, 9.17) is 27.9 Å². The minimum atomic E-state index is -1.15. The highest BCUT2D eigenvalue weighted by atomic mass is 35.5. The van der Waals surface area contributed by atoms with Gasteiger partial charge in [-0.15, -0.1) is 0 Å². The molecule has 1 amide bonds. The SMILES string of the molecule is O=C(NC(Cc1ccc(O[C@H]2CC[C@H](Nc3ccccn3)CC2)cc1)C(=O)O)c1c(Cl)cccc1Cl. The van der Waals surface area contributed by atoms with Crippen LogP contribution in [0.3, 0.4) is 0 Å². The van der Waals surface area contributed by atoms with Crippen LogP contribution < -0.4 is 15.4 Å². The van der Waals surface area contributed by atoms with Gasteiger partial charge in [0.2, 0.25) is 0 Å². The van der Waals surface area contributed by atoms with Crippen LogP contribution in [0.25, 0.3) is 0 Å². The Labute approximate surface area is 219 Å². The first kappa shape index (κ1) is 25.8. The summed E-state index contributed by atoms with van der Waals surface area (Å²) in [5.74, 6) is -0.157. The van der Waals surface area contributed by atoms with E-state index in [1.165, 1.54) is 12.1 Å². The number of anilines is 1. The molecule has 2 aromatic carbocycles. The molecule has 0 radical (unpaired) electrons. The molecule has 36 heavy (non-hydrogen) atoms. The Morgan fingerprint density at radius 1 is 0.972 bits per heavy atom. The fourth-order valence-electron chi connectivity index (χ4n) is 4.26. The molecule has 1 atom stereocenters. The van der Waals surface area contributed by atoms with Crippen LogP contribution in [0.2, 0.25) is 10.0 Å². The number of nitrogens with one attached hydrogen (secondary N) is 2. The van der Waals surface area contributed by atoms with Crippen molar-refractivity contribution in [1.29, 1.82) is 0 Å². The lowest BCUT2D eigenvalue weighted by atomic mass is 9.93. The van der Waals surface area contributed by atoms with Gasteiger partial charge < -0.3 is 20.5 Å². The van der Waals surface area contributed by atoms with Crippen LogP contribution in [-0.2, 0) is 11.2 Å². The summed E-state index contributed by atoms with van der Waals surface area (Å²) in [6.45, 7) is 0. The first-order chi connectivity index (χ1) is 17.4. The molecule has 0 saturated heterocycles. The fraction of sp³-hybridized carbons (Fsp3) is 0.296. The molecule has 0 bridgehead atoms. The third kappa shape index (κ3) is 6.89. The molecule has 0 spiro atoms. The maximum Gasteiger partial charge on any atom is 0.326 e. The summed E-state index contributed by atoms with van der Waals surface area (Å²) in [6, 6.07) is 17.0. The second kappa shape index (κ2) is 12.1. The topological polar surface area (TPSA) is 101 Å². The summed E-state index contributed by atoms with van der Waals surface area (Å²) in [5.41, 5.74) is 0.810. The van der Waals surface area contributed by atoms with Crippen LogP contribution in [0.15, 0.2) is 66.9 Å². The molecule has 3 aromatic rings. The van der Waals surface area contributed by atoms with E-state index in [9.17, 15) is 14.7 Å². The summed E-state index contributed by atoms with van der Waals surface area (Å²) in [6.07, 6.45) is 5.87. The maximum atomic E-state index is 12.6. The van der Waals surface area contributed by atoms with Gasteiger partial charge in [0.05, 0.1) is 21.7 Å². The van der Waals surface area contributed by atoms with E-state index in [1.807, 2.05) is 42.5 Å². The van der Waals surface area contributed by atoms with Gasteiger partial charge in [0, 0.05) is 18.7 Å². The van der Waals surface area contributed by atoms with Crippen LogP contribution in [0.5, 0.6) is 5.75 Å². The van der Waals surface area contributed by atoms with Crippen LogP contribution in [0.1, 0.15) is 41.6 Å². The van der Waals surface area contributed by atoms with Gasteiger partial charge in [0.25, 0.3) is 5.91 Å². The number of benzene rings is 2. The van der Waals surface area contributed by atoms with E-state index < -0.39 is 17.9 Å². The van der Waals surface area contributed by atoms with Gasteiger partial charge in [-0.1, -0.05) is 47.5 Å². The molecule has 1 unspecified atom stereocenters. The highest BCUT2D eigenvalue weighted by molar-refractivity contribution is 6.39.